The van der Waals surface area contributed by atoms with Crippen molar-refractivity contribution in [2.45, 2.75) is 64.5 Å². The molecule has 1 saturated heterocycles. The second kappa shape index (κ2) is 4.38. The molecule has 1 nitrogen and oxygen atoms in total. The number of rotatable bonds is 1. The first kappa shape index (κ1) is 13.6. The fourth-order valence-electron chi connectivity index (χ4n) is 3.55. The van der Waals surface area contributed by atoms with Gasteiger partial charge in [-0.05, 0) is 65.6 Å². The van der Waals surface area contributed by atoms with E-state index in [4.69, 9.17) is 0 Å². The van der Waals surface area contributed by atoms with E-state index in [1.54, 1.807) is 0 Å². The molecule has 18 heavy (non-hydrogen) atoms. The lowest BCUT2D eigenvalue weighted by molar-refractivity contribution is -0.0189. The van der Waals surface area contributed by atoms with Gasteiger partial charge in [-0.25, -0.2) is 0 Å². The number of likely N-dealkylation sites (tertiary alicyclic amines) is 1. The molecule has 1 aromatic rings. The minimum atomic E-state index is 0.216. The van der Waals surface area contributed by atoms with Crippen LogP contribution >= 0.6 is 0 Å². The summed E-state index contributed by atoms with van der Waals surface area (Å²) in [4.78, 5) is 2.57. The predicted octanol–water partition coefficient (Wildman–Crippen LogP) is 4.36. The molecule has 0 aliphatic carbocycles. The highest BCUT2D eigenvalue weighted by Gasteiger charge is 2.45. The smallest absolute Gasteiger partial charge is 0.0224 e. The van der Waals surface area contributed by atoms with Gasteiger partial charge in [-0.1, -0.05) is 24.3 Å². The highest BCUT2D eigenvalue weighted by molar-refractivity contribution is 5.32. The van der Waals surface area contributed by atoms with Crippen molar-refractivity contribution in [3.05, 3.63) is 35.4 Å². The van der Waals surface area contributed by atoms with Crippen molar-refractivity contribution in [3.8, 4) is 0 Å². The van der Waals surface area contributed by atoms with Gasteiger partial charge in [0.15, 0.2) is 0 Å². The van der Waals surface area contributed by atoms with Crippen LogP contribution in [0.15, 0.2) is 24.3 Å². The number of nitrogens with zero attached hydrogens (tertiary/aromatic N) is 1. The molecular weight excluding hydrogens is 218 g/mol. The van der Waals surface area contributed by atoms with E-state index >= 15 is 0 Å². The zero-order valence-corrected chi connectivity index (χ0v) is 12.7. The third kappa shape index (κ3) is 2.09. The van der Waals surface area contributed by atoms with Crippen molar-refractivity contribution >= 4 is 0 Å². The van der Waals surface area contributed by atoms with E-state index in [0.29, 0.717) is 11.5 Å². The molecule has 1 heteroatoms. The van der Waals surface area contributed by atoms with Gasteiger partial charge in [0, 0.05) is 17.0 Å². The number of piperidine rings is 1. The number of likely N-dealkylation sites (N-methyl/N-ethyl adjacent to an activating group) is 1. The molecule has 1 fully saturated rings. The maximum Gasteiger partial charge on any atom is 0.0224 e. The van der Waals surface area contributed by atoms with Crippen LogP contribution in [0.4, 0.5) is 0 Å². The zero-order chi connectivity index (χ0) is 13.6. The van der Waals surface area contributed by atoms with Crippen LogP contribution in [0.2, 0.25) is 0 Å². The predicted molar refractivity (Wildman–Crippen MR) is 79.1 cm³/mol. The molecule has 0 aromatic heterocycles. The summed E-state index contributed by atoms with van der Waals surface area (Å²) >= 11 is 0. The van der Waals surface area contributed by atoms with Gasteiger partial charge in [-0.2, -0.15) is 0 Å². The van der Waals surface area contributed by atoms with Crippen molar-refractivity contribution in [1.82, 2.24) is 4.90 Å². The average Bonchev–Trinajstić information content (AvgIpc) is 2.28. The van der Waals surface area contributed by atoms with Crippen LogP contribution in [-0.4, -0.2) is 23.0 Å². The number of aryl methyl sites for hydroxylation is 1. The Labute approximate surface area is 112 Å². The second-order valence-electron chi connectivity index (χ2n) is 6.97. The van der Waals surface area contributed by atoms with Crippen LogP contribution in [0.5, 0.6) is 0 Å². The molecule has 0 saturated carbocycles. The molecule has 0 spiro atoms. The minimum absolute atomic E-state index is 0.216. The van der Waals surface area contributed by atoms with Crippen LogP contribution < -0.4 is 0 Å². The SMILES string of the molecule is Cc1ccccc1C1CCC(C)(C)N(C)C1(C)C. The quantitative estimate of drug-likeness (QED) is 0.710. The van der Waals surface area contributed by atoms with Crippen molar-refractivity contribution in [2.24, 2.45) is 0 Å². The average molecular weight is 245 g/mol. The third-order valence-corrected chi connectivity index (χ3v) is 5.23. The summed E-state index contributed by atoms with van der Waals surface area (Å²) < 4.78 is 0. The molecule has 0 bridgehead atoms. The highest BCUT2D eigenvalue weighted by Crippen LogP contribution is 2.46. The molecule has 1 aromatic carbocycles. The van der Waals surface area contributed by atoms with Crippen molar-refractivity contribution < 1.29 is 0 Å². The Hall–Kier alpha value is -0.820. The normalized spacial score (nSPS) is 27.1. The minimum Gasteiger partial charge on any atom is -0.296 e. The largest absolute Gasteiger partial charge is 0.296 e. The van der Waals surface area contributed by atoms with Gasteiger partial charge in [0.05, 0.1) is 0 Å². The maximum absolute atomic E-state index is 2.57. The fourth-order valence-corrected chi connectivity index (χ4v) is 3.55. The summed E-state index contributed by atoms with van der Waals surface area (Å²) in [7, 11) is 2.28. The summed E-state index contributed by atoms with van der Waals surface area (Å²) in [6, 6.07) is 8.87. The lowest BCUT2D eigenvalue weighted by atomic mass is 9.69. The number of hydrogen-bond acceptors (Lipinski definition) is 1. The molecule has 1 heterocycles. The van der Waals surface area contributed by atoms with Gasteiger partial charge in [0.25, 0.3) is 0 Å². The summed E-state index contributed by atoms with van der Waals surface area (Å²) in [5, 5.41) is 0. The van der Waals surface area contributed by atoms with Crippen LogP contribution in [-0.2, 0) is 0 Å². The maximum atomic E-state index is 2.57. The van der Waals surface area contributed by atoms with Gasteiger partial charge in [-0.3, -0.25) is 4.90 Å². The van der Waals surface area contributed by atoms with Crippen molar-refractivity contribution in [3.63, 3.8) is 0 Å². The molecule has 1 atom stereocenters. The van der Waals surface area contributed by atoms with Crippen LogP contribution in [0.25, 0.3) is 0 Å². The molecule has 1 aliphatic rings. The lowest BCUT2D eigenvalue weighted by Gasteiger charge is -2.55. The van der Waals surface area contributed by atoms with Crippen LogP contribution in [0.3, 0.4) is 0 Å². The Morgan fingerprint density at radius 1 is 1.11 bits per heavy atom. The Balaban J connectivity index is 2.39. The first-order valence-electron chi connectivity index (χ1n) is 7.06. The molecule has 0 amide bonds. The van der Waals surface area contributed by atoms with E-state index < -0.39 is 0 Å². The second-order valence-corrected chi connectivity index (χ2v) is 6.97. The van der Waals surface area contributed by atoms with Crippen molar-refractivity contribution in [1.29, 1.82) is 0 Å². The van der Waals surface area contributed by atoms with Crippen LogP contribution in [0.1, 0.15) is 57.6 Å². The van der Waals surface area contributed by atoms with E-state index in [1.807, 2.05) is 0 Å². The highest BCUT2D eigenvalue weighted by atomic mass is 15.2. The Morgan fingerprint density at radius 2 is 1.72 bits per heavy atom. The van der Waals surface area contributed by atoms with E-state index in [0.717, 1.165) is 0 Å². The van der Waals surface area contributed by atoms with Gasteiger partial charge >= 0.3 is 0 Å². The van der Waals surface area contributed by atoms with E-state index in [-0.39, 0.29) is 5.54 Å². The monoisotopic (exact) mass is 245 g/mol. The summed E-state index contributed by atoms with van der Waals surface area (Å²) in [5.41, 5.74) is 3.49. The molecule has 0 N–H and O–H groups in total. The van der Waals surface area contributed by atoms with Gasteiger partial charge in [-0.15, -0.1) is 0 Å². The topological polar surface area (TPSA) is 3.24 Å². The van der Waals surface area contributed by atoms with Crippen molar-refractivity contribution in [2.75, 3.05) is 7.05 Å². The van der Waals surface area contributed by atoms with Gasteiger partial charge in [0.1, 0.15) is 0 Å². The molecule has 100 valence electrons. The molecule has 1 aliphatic heterocycles. The summed E-state index contributed by atoms with van der Waals surface area (Å²) in [6.45, 7) is 11.8. The van der Waals surface area contributed by atoms with E-state index in [9.17, 15) is 0 Å². The molecule has 0 radical (unpaired) electrons. The van der Waals surface area contributed by atoms with E-state index in [2.05, 4.69) is 70.8 Å². The van der Waals surface area contributed by atoms with Gasteiger partial charge < -0.3 is 0 Å². The standard InChI is InChI=1S/C17H27N/c1-13-9-7-8-10-14(13)15-11-12-16(2,3)18(6)17(15,4)5/h7-10,15H,11-12H2,1-6H3. The summed E-state index contributed by atoms with van der Waals surface area (Å²) in [6.07, 6.45) is 2.56. The Kier molecular flexibility index (Phi) is 3.31. The third-order valence-electron chi connectivity index (χ3n) is 5.23. The Morgan fingerprint density at radius 3 is 2.33 bits per heavy atom. The fraction of sp³-hybridized carbons (Fsp3) is 0.647. The zero-order valence-electron chi connectivity index (χ0n) is 12.7. The Bertz CT molecular complexity index is 431. The van der Waals surface area contributed by atoms with E-state index in [1.165, 1.54) is 24.0 Å². The molecular formula is C17H27N. The van der Waals surface area contributed by atoms with Crippen LogP contribution in [0, 0.1) is 6.92 Å². The number of benzene rings is 1. The lowest BCUT2D eigenvalue weighted by Crippen LogP contribution is -2.59. The first-order chi connectivity index (χ1) is 8.27. The first-order valence-corrected chi connectivity index (χ1v) is 7.06. The summed E-state index contributed by atoms with van der Waals surface area (Å²) in [5.74, 6) is 0.636. The molecule has 1 unspecified atom stereocenters. The molecule has 2 rings (SSSR count). The van der Waals surface area contributed by atoms with Gasteiger partial charge in [0.2, 0.25) is 0 Å². The number of hydrogen-bond donors (Lipinski definition) is 0.